The highest BCUT2D eigenvalue weighted by molar-refractivity contribution is 6.04. The Morgan fingerprint density at radius 1 is 1.20 bits per heavy atom. The molecule has 1 aliphatic heterocycles. The minimum atomic E-state index is -1.16. The van der Waals surface area contributed by atoms with Gasteiger partial charge in [0.2, 0.25) is 5.91 Å². The molecule has 2 heterocycles. The number of nitrogens with one attached hydrogen (secondary N) is 1. The molecule has 7 heteroatoms. The van der Waals surface area contributed by atoms with Crippen LogP contribution in [-0.4, -0.2) is 40.5 Å². The van der Waals surface area contributed by atoms with Crippen molar-refractivity contribution in [2.75, 3.05) is 11.4 Å². The summed E-state index contributed by atoms with van der Waals surface area (Å²) in [5, 5.41) is 11.5. The first-order valence-corrected chi connectivity index (χ1v) is 7.84. The van der Waals surface area contributed by atoms with Crippen LogP contribution in [0.1, 0.15) is 32.8 Å². The molecule has 7 nitrogen and oxygen atoms in total. The molecule has 2 aromatic rings. The summed E-state index contributed by atoms with van der Waals surface area (Å²) in [5.74, 6) is -1.77. The van der Waals surface area contributed by atoms with Crippen molar-refractivity contribution in [1.82, 2.24) is 10.3 Å². The zero-order chi connectivity index (χ0) is 18.0. The summed E-state index contributed by atoms with van der Waals surface area (Å²) in [6.07, 6.45) is 1.70. The van der Waals surface area contributed by atoms with E-state index in [9.17, 15) is 14.4 Å². The molecule has 0 radical (unpaired) electrons. The standard InChI is InChI=1S/C18H17N3O4/c1-11-2-5-13(6-3-11)21-9-8-14(17(21)23)20-16(22)12-4-7-15(18(24)25)19-10-12/h2-7,10,14H,8-9H2,1H3,(H,20,22)(H,24,25)/t14-/m0/s1. The summed E-state index contributed by atoms with van der Waals surface area (Å²) in [6, 6.07) is 9.66. The number of aromatic carboxylic acids is 1. The van der Waals surface area contributed by atoms with Crippen molar-refractivity contribution >= 4 is 23.5 Å². The zero-order valence-electron chi connectivity index (χ0n) is 13.6. The largest absolute Gasteiger partial charge is 0.477 e. The molecule has 1 saturated heterocycles. The number of aryl methyl sites for hydroxylation is 1. The summed E-state index contributed by atoms with van der Waals surface area (Å²) >= 11 is 0. The van der Waals surface area contributed by atoms with E-state index in [1.54, 1.807) is 4.90 Å². The molecule has 128 valence electrons. The van der Waals surface area contributed by atoms with Gasteiger partial charge in [0.1, 0.15) is 11.7 Å². The molecule has 2 N–H and O–H groups in total. The van der Waals surface area contributed by atoms with Crippen molar-refractivity contribution in [3.8, 4) is 0 Å². The fourth-order valence-corrected chi connectivity index (χ4v) is 2.69. The van der Waals surface area contributed by atoms with Crippen molar-refractivity contribution in [2.45, 2.75) is 19.4 Å². The average Bonchev–Trinajstić information content (AvgIpc) is 2.96. The topological polar surface area (TPSA) is 99.6 Å². The quantitative estimate of drug-likeness (QED) is 0.882. The maximum atomic E-state index is 12.5. The van der Waals surface area contributed by atoms with E-state index in [-0.39, 0.29) is 17.2 Å². The maximum absolute atomic E-state index is 12.5. The minimum absolute atomic E-state index is 0.140. The first-order chi connectivity index (χ1) is 12.0. The van der Waals surface area contributed by atoms with E-state index in [1.807, 2.05) is 31.2 Å². The number of pyridine rings is 1. The lowest BCUT2D eigenvalue weighted by atomic mass is 10.2. The van der Waals surface area contributed by atoms with E-state index in [2.05, 4.69) is 10.3 Å². The molecule has 0 bridgehead atoms. The number of aromatic nitrogens is 1. The molecule has 0 spiro atoms. The number of hydrogen-bond acceptors (Lipinski definition) is 4. The monoisotopic (exact) mass is 339 g/mol. The number of carboxylic acid groups (broad SMARTS) is 1. The van der Waals surface area contributed by atoms with Crippen LogP contribution < -0.4 is 10.2 Å². The molecule has 0 unspecified atom stereocenters. The van der Waals surface area contributed by atoms with Gasteiger partial charge in [-0.1, -0.05) is 17.7 Å². The number of benzene rings is 1. The van der Waals surface area contributed by atoms with Crippen LogP contribution in [-0.2, 0) is 4.79 Å². The van der Waals surface area contributed by atoms with Gasteiger partial charge in [0.15, 0.2) is 0 Å². The average molecular weight is 339 g/mol. The van der Waals surface area contributed by atoms with Crippen molar-refractivity contribution in [3.63, 3.8) is 0 Å². The summed E-state index contributed by atoms with van der Waals surface area (Å²) in [4.78, 5) is 40.9. The Morgan fingerprint density at radius 3 is 2.52 bits per heavy atom. The first kappa shape index (κ1) is 16.6. The molecule has 1 atom stereocenters. The van der Waals surface area contributed by atoms with Crippen LogP contribution in [0.4, 0.5) is 5.69 Å². The third-order valence-corrected chi connectivity index (χ3v) is 4.10. The lowest BCUT2D eigenvalue weighted by Gasteiger charge is -2.17. The number of carboxylic acids is 1. The molecule has 1 fully saturated rings. The van der Waals surface area contributed by atoms with E-state index in [4.69, 9.17) is 5.11 Å². The van der Waals surface area contributed by atoms with Crippen molar-refractivity contribution in [1.29, 1.82) is 0 Å². The lowest BCUT2D eigenvalue weighted by molar-refractivity contribution is -0.118. The van der Waals surface area contributed by atoms with Crippen LogP contribution in [0.3, 0.4) is 0 Å². The van der Waals surface area contributed by atoms with Gasteiger partial charge in [-0.2, -0.15) is 0 Å². The predicted molar refractivity (Wildman–Crippen MR) is 90.6 cm³/mol. The van der Waals surface area contributed by atoms with Gasteiger partial charge in [-0.05, 0) is 37.6 Å². The minimum Gasteiger partial charge on any atom is -0.477 e. The highest BCUT2D eigenvalue weighted by atomic mass is 16.4. The predicted octanol–water partition coefficient (Wildman–Crippen LogP) is 1.62. The summed E-state index contributed by atoms with van der Waals surface area (Å²) < 4.78 is 0. The number of rotatable bonds is 4. The second-order valence-electron chi connectivity index (χ2n) is 5.88. The van der Waals surface area contributed by atoms with Crippen LogP contribution in [0.5, 0.6) is 0 Å². The molecule has 2 amide bonds. The van der Waals surface area contributed by atoms with Crippen LogP contribution in [0.2, 0.25) is 0 Å². The van der Waals surface area contributed by atoms with Gasteiger partial charge in [0, 0.05) is 18.4 Å². The maximum Gasteiger partial charge on any atom is 0.354 e. The molecular formula is C18H17N3O4. The van der Waals surface area contributed by atoms with Crippen LogP contribution in [0.25, 0.3) is 0 Å². The summed E-state index contributed by atoms with van der Waals surface area (Å²) in [5.41, 5.74) is 1.99. The van der Waals surface area contributed by atoms with E-state index in [1.165, 1.54) is 18.3 Å². The molecule has 25 heavy (non-hydrogen) atoms. The number of carbonyl (C=O) groups is 3. The molecule has 1 aromatic heterocycles. The molecular weight excluding hydrogens is 322 g/mol. The van der Waals surface area contributed by atoms with Crippen LogP contribution >= 0.6 is 0 Å². The van der Waals surface area contributed by atoms with Crippen LogP contribution in [0.15, 0.2) is 42.6 Å². The molecule has 3 rings (SSSR count). The first-order valence-electron chi connectivity index (χ1n) is 7.84. The molecule has 0 aliphatic carbocycles. The van der Waals surface area contributed by atoms with Gasteiger partial charge in [-0.25, -0.2) is 9.78 Å². The second kappa shape index (κ2) is 6.72. The summed E-state index contributed by atoms with van der Waals surface area (Å²) in [7, 11) is 0. The Morgan fingerprint density at radius 2 is 1.92 bits per heavy atom. The van der Waals surface area contributed by atoms with Crippen molar-refractivity contribution < 1.29 is 19.5 Å². The second-order valence-corrected chi connectivity index (χ2v) is 5.88. The Bertz CT molecular complexity index is 815. The third kappa shape index (κ3) is 3.50. The fraction of sp³-hybridized carbons (Fsp3) is 0.222. The molecule has 1 aliphatic rings. The van der Waals surface area contributed by atoms with Crippen molar-refractivity contribution in [3.05, 3.63) is 59.4 Å². The highest BCUT2D eigenvalue weighted by Gasteiger charge is 2.33. The smallest absolute Gasteiger partial charge is 0.354 e. The van der Waals surface area contributed by atoms with E-state index < -0.39 is 17.9 Å². The van der Waals surface area contributed by atoms with Gasteiger partial charge in [-0.3, -0.25) is 9.59 Å². The van der Waals surface area contributed by atoms with E-state index in [0.29, 0.717) is 13.0 Å². The Hall–Kier alpha value is -3.22. The fourth-order valence-electron chi connectivity index (χ4n) is 2.69. The number of hydrogen-bond donors (Lipinski definition) is 2. The van der Waals surface area contributed by atoms with E-state index in [0.717, 1.165) is 11.3 Å². The number of carbonyl (C=O) groups excluding carboxylic acids is 2. The highest BCUT2D eigenvalue weighted by Crippen LogP contribution is 2.22. The van der Waals surface area contributed by atoms with E-state index >= 15 is 0 Å². The number of amides is 2. The Kier molecular flexibility index (Phi) is 4.47. The lowest BCUT2D eigenvalue weighted by Crippen LogP contribution is -2.41. The number of anilines is 1. The van der Waals surface area contributed by atoms with Gasteiger partial charge in [-0.15, -0.1) is 0 Å². The van der Waals surface area contributed by atoms with Gasteiger partial charge in [0.05, 0.1) is 5.56 Å². The third-order valence-electron chi connectivity index (χ3n) is 4.10. The van der Waals surface area contributed by atoms with Gasteiger partial charge >= 0.3 is 5.97 Å². The Labute approximate surface area is 144 Å². The SMILES string of the molecule is Cc1ccc(N2CC[C@H](NC(=O)c3ccc(C(=O)O)nc3)C2=O)cc1. The van der Waals surface area contributed by atoms with Gasteiger partial charge < -0.3 is 15.3 Å². The normalized spacial score (nSPS) is 16.8. The molecule has 1 aromatic carbocycles. The Balaban J connectivity index is 1.67. The van der Waals surface area contributed by atoms with Crippen molar-refractivity contribution in [2.24, 2.45) is 0 Å². The number of nitrogens with zero attached hydrogens (tertiary/aromatic N) is 2. The molecule has 0 saturated carbocycles. The van der Waals surface area contributed by atoms with Crippen LogP contribution in [0, 0.1) is 6.92 Å². The summed E-state index contributed by atoms with van der Waals surface area (Å²) in [6.45, 7) is 2.51. The zero-order valence-corrected chi connectivity index (χ0v) is 13.6. The van der Waals surface area contributed by atoms with Gasteiger partial charge in [0.25, 0.3) is 5.91 Å².